The van der Waals surface area contributed by atoms with Gasteiger partial charge in [0.2, 0.25) is 5.89 Å². The lowest BCUT2D eigenvalue weighted by Gasteiger charge is -2.11. The maximum atomic E-state index is 5.86. The number of hydrogen-bond acceptors (Lipinski definition) is 6. The molecule has 0 atom stereocenters. The number of aromatic nitrogens is 4. The minimum atomic E-state index is 0.403. The Labute approximate surface area is 174 Å². The molecule has 2 aromatic carbocycles. The normalized spacial score (nSPS) is 11.2. The predicted molar refractivity (Wildman–Crippen MR) is 114 cm³/mol. The van der Waals surface area contributed by atoms with E-state index in [1.807, 2.05) is 74.8 Å². The standard InChI is InChI=1S/C23H22N4O3/c1-16-20(14-27(2)26-16)23-25-24-22(30-23)12-10-17-9-11-21(28-3)18(13-17)15-29-19-7-5-4-6-8-19/h4-14H,15H2,1-3H3/b12-10-. The summed E-state index contributed by atoms with van der Waals surface area (Å²) in [5.41, 5.74) is 3.59. The van der Waals surface area contributed by atoms with E-state index in [9.17, 15) is 0 Å². The SMILES string of the molecule is COc1ccc(/C=C\c2nnc(-c3cn(C)nc3C)o2)cc1COc1ccccc1. The summed E-state index contributed by atoms with van der Waals surface area (Å²) in [7, 11) is 3.51. The zero-order chi connectivity index (χ0) is 20.9. The first-order valence-electron chi connectivity index (χ1n) is 9.49. The van der Waals surface area contributed by atoms with Crippen LogP contribution in [0, 0.1) is 6.92 Å². The van der Waals surface area contributed by atoms with Gasteiger partial charge in [0, 0.05) is 24.9 Å². The highest BCUT2D eigenvalue weighted by Gasteiger charge is 2.12. The van der Waals surface area contributed by atoms with Gasteiger partial charge < -0.3 is 13.9 Å². The van der Waals surface area contributed by atoms with Gasteiger partial charge in [-0.3, -0.25) is 4.68 Å². The quantitative estimate of drug-likeness (QED) is 0.452. The molecule has 0 fully saturated rings. The summed E-state index contributed by atoms with van der Waals surface area (Å²) in [5.74, 6) is 2.46. The van der Waals surface area contributed by atoms with Crippen molar-refractivity contribution in [2.75, 3.05) is 7.11 Å². The molecule has 0 bridgehead atoms. The summed E-state index contributed by atoms with van der Waals surface area (Å²) in [6, 6.07) is 15.6. The highest BCUT2D eigenvalue weighted by atomic mass is 16.5. The van der Waals surface area contributed by atoms with Gasteiger partial charge in [-0.05, 0) is 42.8 Å². The van der Waals surface area contributed by atoms with Gasteiger partial charge in [0.25, 0.3) is 5.89 Å². The van der Waals surface area contributed by atoms with Gasteiger partial charge in [0.1, 0.15) is 18.1 Å². The minimum absolute atomic E-state index is 0.403. The lowest BCUT2D eigenvalue weighted by molar-refractivity contribution is 0.296. The van der Waals surface area contributed by atoms with E-state index >= 15 is 0 Å². The Morgan fingerprint density at radius 2 is 1.90 bits per heavy atom. The summed E-state index contributed by atoms with van der Waals surface area (Å²) in [6.07, 6.45) is 5.56. The Bertz CT molecular complexity index is 1160. The first-order valence-corrected chi connectivity index (χ1v) is 9.49. The van der Waals surface area contributed by atoms with Gasteiger partial charge in [-0.2, -0.15) is 5.10 Å². The first-order chi connectivity index (χ1) is 14.6. The number of rotatable bonds is 7. The molecular weight excluding hydrogens is 380 g/mol. The van der Waals surface area contributed by atoms with Crippen molar-refractivity contribution in [1.29, 1.82) is 0 Å². The molecule has 152 valence electrons. The van der Waals surface area contributed by atoms with Gasteiger partial charge >= 0.3 is 0 Å². The predicted octanol–water partition coefficient (Wildman–Crippen LogP) is 4.54. The second-order valence-corrected chi connectivity index (χ2v) is 6.75. The van der Waals surface area contributed by atoms with Crippen molar-refractivity contribution in [3.8, 4) is 23.0 Å². The molecule has 4 rings (SSSR count). The number of ether oxygens (including phenoxy) is 2. The number of aryl methyl sites for hydroxylation is 2. The van der Waals surface area contributed by atoms with E-state index in [0.717, 1.165) is 33.9 Å². The molecule has 0 aliphatic heterocycles. The number of hydrogen-bond donors (Lipinski definition) is 0. The Balaban J connectivity index is 1.50. The summed E-state index contributed by atoms with van der Waals surface area (Å²) in [4.78, 5) is 0. The zero-order valence-corrected chi connectivity index (χ0v) is 17.1. The fourth-order valence-corrected chi connectivity index (χ4v) is 3.08. The first kappa shape index (κ1) is 19.4. The molecule has 2 heterocycles. The second-order valence-electron chi connectivity index (χ2n) is 6.75. The zero-order valence-electron chi connectivity index (χ0n) is 17.1. The highest BCUT2D eigenvalue weighted by Crippen LogP contribution is 2.24. The van der Waals surface area contributed by atoms with Crippen LogP contribution < -0.4 is 9.47 Å². The summed E-state index contributed by atoms with van der Waals surface area (Å²) >= 11 is 0. The molecule has 4 aromatic rings. The van der Waals surface area contributed by atoms with Crippen molar-refractivity contribution in [1.82, 2.24) is 20.0 Å². The molecule has 7 nitrogen and oxygen atoms in total. The molecule has 30 heavy (non-hydrogen) atoms. The van der Waals surface area contributed by atoms with Crippen molar-refractivity contribution in [2.45, 2.75) is 13.5 Å². The lowest BCUT2D eigenvalue weighted by atomic mass is 10.1. The van der Waals surface area contributed by atoms with Gasteiger partial charge in [-0.25, -0.2) is 0 Å². The van der Waals surface area contributed by atoms with Crippen LogP contribution in [0.2, 0.25) is 0 Å². The van der Waals surface area contributed by atoms with Gasteiger partial charge in [0.15, 0.2) is 0 Å². The second kappa shape index (κ2) is 8.65. The average molecular weight is 402 g/mol. The summed E-state index contributed by atoms with van der Waals surface area (Å²) in [5, 5.41) is 12.5. The third kappa shape index (κ3) is 4.41. The Hall–Kier alpha value is -3.87. The third-order valence-corrected chi connectivity index (χ3v) is 4.54. The lowest BCUT2D eigenvalue weighted by Crippen LogP contribution is -1.99. The Kier molecular flexibility index (Phi) is 5.61. The van der Waals surface area contributed by atoms with Crippen LogP contribution in [0.5, 0.6) is 11.5 Å². The Morgan fingerprint density at radius 1 is 1.07 bits per heavy atom. The van der Waals surface area contributed by atoms with Crippen LogP contribution in [0.1, 0.15) is 22.7 Å². The summed E-state index contributed by atoms with van der Waals surface area (Å²) in [6.45, 7) is 2.31. The average Bonchev–Trinajstić information content (AvgIpc) is 3.37. The number of benzene rings is 2. The highest BCUT2D eigenvalue weighted by molar-refractivity contribution is 5.67. The summed E-state index contributed by atoms with van der Waals surface area (Å²) < 4.78 is 18.8. The van der Waals surface area contributed by atoms with E-state index in [1.165, 1.54) is 0 Å². The number of nitrogens with zero attached hydrogens (tertiary/aromatic N) is 4. The number of para-hydroxylation sites is 1. The monoisotopic (exact) mass is 402 g/mol. The maximum absolute atomic E-state index is 5.86. The van der Waals surface area contributed by atoms with Gasteiger partial charge in [-0.15, -0.1) is 10.2 Å². The molecular formula is C23H22N4O3. The van der Waals surface area contributed by atoms with E-state index < -0.39 is 0 Å². The van der Waals surface area contributed by atoms with Crippen molar-refractivity contribution in [2.24, 2.45) is 7.05 Å². The smallest absolute Gasteiger partial charge is 0.251 e. The molecule has 2 aromatic heterocycles. The van der Waals surface area contributed by atoms with Crippen molar-refractivity contribution < 1.29 is 13.9 Å². The molecule has 0 unspecified atom stereocenters. The minimum Gasteiger partial charge on any atom is -0.496 e. The van der Waals surface area contributed by atoms with Crippen LogP contribution in [-0.4, -0.2) is 27.1 Å². The van der Waals surface area contributed by atoms with E-state index in [2.05, 4.69) is 15.3 Å². The largest absolute Gasteiger partial charge is 0.496 e. The molecule has 0 radical (unpaired) electrons. The van der Waals surface area contributed by atoms with Crippen LogP contribution in [0.15, 0.2) is 59.1 Å². The molecule has 0 aliphatic rings. The Morgan fingerprint density at radius 3 is 2.63 bits per heavy atom. The van der Waals surface area contributed by atoms with E-state index in [4.69, 9.17) is 13.9 Å². The molecule has 0 spiro atoms. The number of methoxy groups -OCH3 is 1. The molecule has 7 heteroatoms. The third-order valence-electron chi connectivity index (χ3n) is 4.54. The van der Waals surface area contributed by atoms with Gasteiger partial charge in [-0.1, -0.05) is 24.3 Å². The van der Waals surface area contributed by atoms with E-state index in [0.29, 0.717) is 18.4 Å². The van der Waals surface area contributed by atoms with Crippen molar-refractivity contribution in [3.05, 3.63) is 77.4 Å². The fourth-order valence-electron chi connectivity index (χ4n) is 3.08. The molecule has 0 amide bonds. The van der Waals surface area contributed by atoms with Crippen LogP contribution in [0.25, 0.3) is 23.6 Å². The van der Waals surface area contributed by atoms with Gasteiger partial charge in [0.05, 0.1) is 18.4 Å². The fraction of sp³-hybridized carbons (Fsp3) is 0.174. The molecule has 0 aliphatic carbocycles. The van der Waals surface area contributed by atoms with Crippen molar-refractivity contribution >= 4 is 12.2 Å². The van der Waals surface area contributed by atoms with E-state index in [1.54, 1.807) is 17.9 Å². The van der Waals surface area contributed by atoms with Crippen LogP contribution in [0.3, 0.4) is 0 Å². The van der Waals surface area contributed by atoms with Crippen LogP contribution in [0.4, 0.5) is 0 Å². The molecule has 0 saturated carbocycles. The molecule has 0 saturated heterocycles. The molecule has 0 N–H and O–H groups in total. The van der Waals surface area contributed by atoms with Crippen molar-refractivity contribution in [3.63, 3.8) is 0 Å². The topological polar surface area (TPSA) is 75.2 Å². The van der Waals surface area contributed by atoms with Crippen LogP contribution >= 0.6 is 0 Å². The van der Waals surface area contributed by atoms with Crippen LogP contribution in [-0.2, 0) is 13.7 Å². The maximum Gasteiger partial charge on any atom is 0.251 e. The van der Waals surface area contributed by atoms with E-state index in [-0.39, 0.29) is 0 Å².